The number of ether oxygens (including phenoxy) is 8. The van der Waals surface area contributed by atoms with Crippen molar-refractivity contribution >= 4 is 70.7 Å². The molecular formula is C80H105F2N9O19. The van der Waals surface area contributed by atoms with Crippen LogP contribution in [-0.4, -0.2) is 221 Å². The maximum atomic E-state index is 17.6. The molecule has 28 nitrogen and oxygen atoms in total. The topological polar surface area (TPSA) is 361 Å². The number of hydrogen-bond donors (Lipinski definition) is 7. The van der Waals surface area contributed by atoms with Crippen LogP contribution < -0.4 is 37.2 Å². The van der Waals surface area contributed by atoms with Gasteiger partial charge in [-0.15, -0.1) is 0 Å². The van der Waals surface area contributed by atoms with Crippen molar-refractivity contribution in [3.8, 4) is 11.8 Å². The number of allylic oxidation sites excluding steroid dienone is 4. The van der Waals surface area contributed by atoms with Crippen molar-refractivity contribution in [2.45, 2.75) is 167 Å². The van der Waals surface area contributed by atoms with Crippen LogP contribution in [0.5, 0.6) is 0 Å². The number of aliphatic hydroxyl groups excluding tert-OH is 1. The molecule has 0 aromatic heterocycles. The number of Topliss-reactive ketones (excluding diaryl/α,β-unsaturated/α-hetero) is 1. The first-order chi connectivity index (χ1) is 52.8. The van der Waals surface area contributed by atoms with Crippen molar-refractivity contribution in [2.75, 3.05) is 109 Å². The fourth-order valence-corrected chi connectivity index (χ4v) is 15.6. The molecule has 2 aliphatic heterocycles. The van der Waals surface area contributed by atoms with E-state index < -0.39 is 131 Å². The van der Waals surface area contributed by atoms with Gasteiger partial charge in [0, 0.05) is 92.6 Å². The molecule has 1 saturated heterocycles. The van der Waals surface area contributed by atoms with Crippen LogP contribution in [0.15, 0.2) is 96.6 Å². The zero-order valence-electron chi connectivity index (χ0n) is 63.5. The Labute approximate surface area is 640 Å². The number of nitrogens with zero attached hydrogens (tertiary/aromatic N) is 3. The van der Waals surface area contributed by atoms with Gasteiger partial charge in [0.05, 0.1) is 77.3 Å². The fourth-order valence-electron chi connectivity index (χ4n) is 15.6. The van der Waals surface area contributed by atoms with Crippen LogP contribution in [0.25, 0.3) is 0 Å². The first kappa shape index (κ1) is 84.8. The summed E-state index contributed by atoms with van der Waals surface area (Å²) >= 11 is 0. The zero-order valence-corrected chi connectivity index (χ0v) is 63.5. The van der Waals surface area contributed by atoms with Crippen molar-refractivity contribution in [2.24, 2.45) is 34.8 Å². The number of carbonyl (C=O) groups is 10. The van der Waals surface area contributed by atoms with Crippen LogP contribution in [-0.2, 0) is 84.6 Å². The summed E-state index contributed by atoms with van der Waals surface area (Å²) in [7, 11) is 0. The Kier molecular flexibility index (Phi) is 30.9. The summed E-state index contributed by atoms with van der Waals surface area (Å²) in [5.74, 6) is -0.186. The highest BCUT2D eigenvalue weighted by Crippen LogP contribution is 2.70. The third-order valence-corrected chi connectivity index (χ3v) is 21.4. The third-order valence-electron chi connectivity index (χ3n) is 21.4. The minimum Gasteiger partial charge on any atom is -0.445 e. The SMILES string of the molecule is CCCC1O[C@@H]2C[C@H]3[C@@H]4C[C@H](F)C5=CC(=O)C=CC5[C@@]4(F)[C@@H](O)C[C@]3(C)[C@]2(C(=O)COC(=O)N(CC)CCN(CC)C(=O)OCc2ccc(NC(=O)[C@H](CCCNC(N)=O)NC(=O)[C@@H](NC(=O)CCOCCOCCOCCOCCNC(=O)CCC(=O)N3Cc4ccccc4C#Cc4ccccc43)C(C)C)cc2)O1. The van der Waals surface area contributed by atoms with Gasteiger partial charge in [-0.3, -0.25) is 33.6 Å². The number of nitrogens with one attached hydrogen (secondary N) is 5. The second-order valence-corrected chi connectivity index (χ2v) is 28.8. The summed E-state index contributed by atoms with van der Waals surface area (Å²) in [6, 6.07) is 18.6. The molecule has 598 valence electrons. The van der Waals surface area contributed by atoms with E-state index in [4.69, 9.17) is 43.6 Å². The van der Waals surface area contributed by atoms with Gasteiger partial charge in [-0.2, -0.15) is 0 Å². The summed E-state index contributed by atoms with van der Waals surface area (Å²) in [6.45, 7) is 12.5. The molecule has 30 heteroatoms. The number of nitrogens with two attached hydrogens (primary N) is 1. The van der Waals surface area contributed by atoms with Crippen molar-refractivity contribution in [3.63, 3.8) is 0 Å². The van der Waals surface area contributed by atoms with Crippen molar-refractivity contribution in [1.29, 1.82) is 0 Å². The minimum absolute atomic E-state index is 0.00798. The summed E-state index contributed by atoms with van der Waals surface area (Å²) in [5, 5.41) is 25.4. The Morgan fingerprint density at radius 1 is 0.745 bits per heavy atom. The lowest BCUT2D eigenvalue weighted by Gasteiger charge is -2.59. The Morgan fingerprint density at radius 3 is 2.06 bits per heavy atom. The number of hydrogen-bond acceptors (Lipinski definition) is 19. The molecule has 2 unspecified atom stereocenters. The number of primary amides is 1. The summed E-state index contributed by atoms with van der Waals surface area (Å²) in [4.78, 5) is 137. The van der Waals surface area contributed by atoms with Crippen LogP contribution in [0.3, 0.4) is 0 Å². The lowest BCUT2D eigenvalue weighted by atomic mass is 9.48. The predicted octanol–water partition coefficient (Wildman–Crippen LogP) is 6.80. The van der Waals surface area contributed by atoms with Crippen LogP contribution in [0.2, 0.25) is 0 Å². The quantitative estimate of drug-likeness (QED) is 0.0227. The van der Waals surface area contributed by atoms with Crippen LogP contribution in [0.4, 0.5) is 34.5 Å². The van der Waals surface area contributed by atoms with Gasteiger partial charge in [0.15, 0.2) is 24.3 Å². The van der Waals surface area contributed by atoms with E-state index in [2.05, 4.69) is 38.4 Å². The van der Waals surface area contributed by atoms with Crippen LogP contribution >= 0.6 is 0 Å². The zero-order chi connectivity index (χ0) is 79.1. The van der Waals surface area contributed by atoms with Gasteiger partial charge >= 0.3 is 18.2 Å². The first-order valence-corrected chi connectivity index (χ1v) is 38.1. The van der Waals surface area contributed by atoms with E-state index in [-0.39, 0.29) is 154 Å². The number of likely N-dealkylation sites (N-methyl/N-ethyl adjacent to an activating group) is 2. The second kappa shape index (κ2) is 40.1. The maximum Gasteiger partial charge on any atom is 0.410 e. The highest BCUT2D eigenvalue weighted by molar-refractivity contribution is 6.01. The number of carbonyl (C=O) groups excluding carboxylic acids is 10. The molecule has 0 bridgehead atoms. The van der Waals surface area contributed by atoms with Gasteiger partial charge in [0.2, 0.25) is 35.3 Å². The lowest BCUT2D eigenvalue weighted by molar-refractivity contribution is -0.223. The number of benzene rings is 3. The molecule has 12 atom stereocenters. The van der Waals surface area contributed by atoms with Crippen LogP contribution in [0.1, 0.15) is 128 Å². The standard InChI is InChI=1S/C80H105F2N9O19/c1-7-15-71-109-67-46-60-61-45-62(81)58-44-57(92)27-28-59(58)79(61,82)65(93)47-78(60,6)80(67,110-71)66(94)50-108-77(102)90(9-3)35-34-89(8-2)76(101)107-49-52-21-25-56(26-22-52)86-73(98)63(19-14-32-85-75(83)100)87-74(99)72(51(4)5)88-69(96)31-36-103-38-40-105-42-43-106-41-39-104-37-33-84-68(95)29-30-70(97)91-48-55-18-11-10-16-53(55)23-24-54-17-12-13-20-64(54)91/h10-13,16-18,20-22,25-28,44,51,59-63,65,67,71-72,93H,7-9,14-15,19,29-43,45-50H2,1-6H3,(H,84,95)(H,86,98)(H,87,99)(H,88,96)(H3,83,85,100)/t59?,60-,61-,62-,63-,65-,67+,71?,72-,78-,79-,80+/m0/s1. The van der Waals surface area contributed by atoms with Crippen LogP contribution in [0, 0.1) is 40.9 Å². The number of aliphatic hydroxyl groups is 1. The average Bonchev–Trinajstić information content (AvgIpc) is 1.47. The van der Waals surface area contributed by atoms with Crippen molar-refractivity contribution in [3.05, 3.63) is 119 Å². The Bertz CT molecular complexity index is 3870. The highest BCUT2D eigenvalue weighted by Gasteiger charge is 2.78. The summed E-state index contributed by atoms with van der Waals surface area (Å²) < 4.78 is 80.2. The number of fused-ring (bicyclic) bond motifs is 9. The highest BCUT2D eigenvalue weighted by atomic mass is 19.1. The molecule has 4 fully saturated rings. The van der Waals surface area contributed by atoms with E-state index in [0.29, 0.717) is 49.5 Å². The van der Waals surface area contributed by atoms with Crippen molar-refractivity contribution < 1.29 is 99.7 Å². The van der Waals surface area contributed by atoms with E-state index in [9.17, 15) is 53.1 Å². The van der Waals surface area contributed by atoms with Gasteiger partial charge in [-0.05, 0) is 123 Å². The van der Waals surface area contributed by atoms with E-state index in [0.717, 1.165) is 22.8 Å². The summed E-state index contributed by atoms with van der Waals surface area (Å²) in [5.41, 5.74) is 3.99. The molecule has 0 spiro atoms. The van der Waals surface area contributed by atoms with E-state index >= 15 is 8.78 Å². The molecule has 9 rings (SSSR count). The number of amides is 9. The number of alkyl halides is 2. The smallest absolute Gasteiger partial charge is 0.410 e. The molecule has 3 aromatic carbocycles. The first-order valence-electron chi connectivity index (χ1n) is 38.1. The number of urea groups is 1. The number of para-hydroxylation sites is 1. The van der Waals surface area contributed by atoms with E-state index in [1.807, 2.05) is 55.5 Å². The molecular weight excluding hydrogens is 1430 g/mol. The van der Waals surface area contributed by atoms with Gasteiger partial charge in [0.1, 0.15) is 30.5 Å². The number of ketones is 2. The van der Waals surface area contributed by atoms with Gasteiger partial charge in [0.25, 0.3) is 0 Å². The number of anilines is 2. The monoisotopic (exact) mass is 1530 g/mol. The predicted molar refractivity (Wildman–Crippen MR) is 399 cm³/mol. The molecule has 3 aromatic rings. The van der Waals surface area contributed by atoms with Gasteiger partial charge in [-0.1, -0.05) is 94.5 Å². The number of halogens is 2. The molecule has 3 saturated carbocycles. The van der Waals surface area contributed by atoms with E-state index in [1.165, 1.54) is 22.0 Å². The molecule has 8 N–H and O–H groups in total. The maximum absolute atomic E-state index is 17.6. The number of rotatable bonds is 40. The normalized spacial score (nSPS) is 23.8. The molecule has 0 radical (unpaired) electrons. The fraction of sp³-hybridized carbons (Fsp3) is 0.575. The largest absolute Gasteiger partial charge is 0.445 e. The molecule has 9 amide bonds. The Morgan fingerprint density at radius 2 is 1.39 bits per heavy atom. The van der Waals surface area contributed by atoms with E-state index in [1.54, 1.807) is 63.8 Å². The average molecular weight is 1530 g/mol. The lowest BCUT2D eigenvalue weighted by Crippen LogP contribution is -2.68. The Balaban J connectivity index is 0.642. The minimum atomic E-state index is -2.34. The van der Waals surface area contributed by atoms with Gasteiger partial charge in [-0.25, -0.2) is 23.2 Å². The molecule has 2 heterocycles. The molecule has 110 heavy (non-hydrogen) atoms. The second-order valence-electron chi connectivity index (χ2n) is 28.8. The van der Waals surface area contributed by atoms with Gasteiger partial charge < -0.3 is 90.0 Å². The van der Waals surface area contributed by atoms with Crippen molar-refractivity contribution in [1.82, 2.24) is 31.1 Å². The Hall–Kier alpha value is -9.22. The molecule has 6 aliphatic rings. The molecule has 4 aliphatic carbocycles. The summed E-state index contributed by atoms with van der Waals surface area (Å²) in [6.07, 6.45) is -2.08. The third kappa shape index (κ3) is 21.1.